The number of aryl methyl sites for hydroxylation is 2. The Balaban J connectivity index is 1.39. The Morgan fingerprint density at radius 1 is 1.02 bits per heavy atom. The third-order valence-corrected chi connectivity index (χ3v) is 10.0. The normalized spacial score (nSPS) is 15.0. The molecule has 0 radical (unpaired) electrons. The molecule has 7 nitrogen and oxygen atoms in total. The van der Waals surface area contributed by atoms with Crippen LogP contribution >= 0.6 is 11.3 Å². The fourth-order valence-corrected chi connectivity index (χ4v) is 7.23. The van der Waals surface area contributed by atoms with Crippen LogP contribution in [0.5, 0.6) is 0 Å². The molecule has 2 aromatic heterocycles. The van der Waals surface area contributed by atoms with Gasteiger partial charge in [0.05, 0.1) is 11.4 Å². The summed E-state index contributed by atoms with van der Waals surface area (Å²) in [6.45, 7) is 0. The van der Waals surface area contributed by atoms with Crippen molar-refractivity contribution >= 4 is 28.7 Å². The largest absolute Gasteiger partial charge is 0.476 e. The van der Waals surface area contributed by atoms with Crippen LogP contribution in [0.2, 0.25) is 0 Å². The summed E-state index contributed by atoms with van der Waals surface area (Å²) < 4.78 is 41.8. The number of thiazole rings is 1. The highest BCUT2D eigenvalue weighted by Crippen LogP contribution is 2.39. The SMILES string of the molecule is N[S+](O)c1ccc(Cc2c(-c3ccc(F)c(-c4ccc5c(c4)CCC5)c3)nn(-c3nc(C(=O)O)cs3)c2CC2CC2)cc1F. The van der Waals surface area contributed by atoms with Gasteiger partial charge < -0.3 is 5.11 Å². The van der Waals surface area contributed by atoms with Crippen molar-refractivity contribution in [2.24, 2.45) is 11.1 Å². The Morgan fingerprint density at radius 2 is 1.82 bits per heavy atom. The van der Waals surface area contributed by atoms with Crippen LogP contribution in [-0.4, -0.2) is 30.4 Å². The van der Waals surface area contributed by atoms with Crippen molar-refractivity contribution in [2.45, 2.75) is 49.8 Å². The Labute approximate surface area is 259 Å². The number of benzene rings is 3. The van der Waals surface area contributed by atoms with Gasteiger partial charge in [0.25, 0.3) is 11.4 Å². The molecule has 11 heteroatoms. The number of hydrogen-bond acceptors (Lipinski definition) is 6. The van der Waals surface area contributed by atoms with Gasteiger partial charge in [0.2, 0.25) is 10.0 Å². The molecule has 0 bridgehead atoms. The molecule has 7 rings (SSSR count). The zero-order chi connectivity index (χ0) is 30.5. The van der Waals surface area contributed by atoms with Crippen LogP contribution in [0.3, 0.4) is 0 Å². The molecular weight excluding hydrogens is 603 g/mol. The molecular formula is C33H29F2N4O3S2+. The van der Waals surface area contributed by atoms with E-state index in [-0.39, 0.29) is 16.4 Å². The van der Waals surface area contributed by atoms with Crippen molar-refractivity contribution in [3.8, 4) is 27.5 Å². The number of hydrogen-bond donors (Lipinski definition) is 3. The van der Waals surface area contributed by atoms with Crippen LogP contribution in [0.25, 0.3) is 27.5 Å². The summed E-state index contributed by atoms with van der Waals surface area (Å²) >= 11 is -0.526. The first-order valence-corrected chi connectivity index (χ1v) is 16.6. The molecule has 5 aromatic rings. The van der Waals surface area contributed by atoms with E-state index >= 15 is 4.39 Å². The second-order valence-electron chi connectivity index (χ2n) is 11.4. The lowest BCUT2D eigenvalue weighted by atomic mass is 9.94. The van der Waals surface area contributed by atoms with Crippen LogP contribution in [-0.2, 0) is 37.0 Å². The van der Waals surface area contributed by atoms with Crippen LogP contribution in [0, 0.1) is 17.6 Å². The Morgan fingerprint density at radius 3 is 2.55 bits per heavy atom. The summed E-state index contributed by atoms with van der Waals surface area (Å²) in [5.41, 5.74) is 7.39. The lowest BCUT2D eigenvalue weighted by Crippen LogP contribution is -2.13. The van der Waals surface area contributed by atoms with E-state index in [0.717, 1.165) is 48.9 Å². The molecule has 224 valence electrons. The van der Waals surface area contributed by atoms with E-state index in [1.54, 1.807) is 16.8 Å². The lowest BCUT2D eigenvalue weighted by molar-refractivity contribution is 0.0691. The third kappa shape index (κ3) is 5.56. The summed E-state index contributed by atoms with van der Waals surface area (Å²) in [5, 5.41) is 22.0. The monoisotopic (exact) mass is 631 g/mol. The molecule has 3 aromatic carbocycles. The lowest BCUT2D eigenvalue weighted by Gasteiger charge is -2.11. The van der Waals surface area contributed by atoms with Crippen molar-refractivity contribution in [2.75, 3.05) is 0 Å². The average molecular weight is 632 g/mol. The molecule has 4 N–H and O–H groups in total. The molecule has 0 amide bonds. The summed E-state index contributed by atoms with van der Waals surface area (Å²) in [6, 6.07) is 15.7. The van der Waals surface area contributed by atoms with Crippen LogP contribution in [0.4, 0.5) is 8.78 Å². The van der Waals surface area contributed by atoms with Gasteiger partial charge in [0.1, 0.15) is 5.82 Å². The van der Waals surface area contributed by atoms with Gasteiger partial charge in [-0.3, -0.25) is 0 Å². The molecule has 2 aliphatic carbocycles. The van der Waals surface area contributed by atoms with E-state index in [1.807, 2.05) is 12.1 Å². The van der Waals surface area contributed by atoms with Gasteiger partial charge in [0, 0.05) is 34.6 Å². The zero-order valence-electron chi connectivity index (χ0n) is 23.6. The summed E-state index contributed by atoms with van der Waals surface area (Å²) in [7, 11) is 0. The second kappa shape index (κ2) is 11.6. The fraction of sp³-hybridized carbons (Fsp3) is 0.242. The number of nitrogens with zero attached hydrogens (tertiary/aromatic N) is 3. The topological polar surface area (TPSA) is 114 Å². The Bertz CT molecular complexity index is 1920. The maximum absolute atomic E-state index is 15.4. The van der Waals surface area contributed by atoms with Gasteiger partial charge in [-0.05, 0) is 91.0 Å². The van der Waals surface area contributed by atoms with E-state index in [0.29, 0.717) is 46.3 Å². The summed E-state index contributed by atoms with van der Waals surface area (Å²) in [5.74, 6) is -1.62. The number of halogens is 2. The van der Waals surface area contributed by atoms with E-state index in [2.05, 4.69) is 17.1 Å². The molecule has 0 saturated heterocycles. The van der Waals surface area contributed by atoms with E-state index in [9.17, 15) is 18.8 Å². The molecule has 2 heterocycles. The maximum Gasteiger partial charge on any atom is 0.355 e. The van der Waals surface area contributed by atoms with Gasteiger partial charge in [-0.25, -0.2) is 23.2 Å². The predicted molar refractivity (Wildman–Crippen MR) is 167 cm³/mol. The van der Waals surface area contributed by atoms with E-state index in [1.165, 1.54) is 46.0 Å². The van der Waals surface area contributed by atoms with E-state index in [4.69, 9.17) is 10.2 Å². The number of nitrogens with two attached hydrogens (primary N) is 1. The Kier molecular flexibility index (Phi) is 7.57. The number of carbonyl (C=O) groups is 1. The highest BCUT2D eigenvalue weighted by molar-refractivity contribution is 7.89. The van der Waals surface area contributed by atoms with Crippen molar-refractivity contribution in [3.05, 3.63) is 105 Å². The number of rotatable bonds is 9. The van der Waals surface area contributed by atoms with Crippen molar-refractivity contribution in [1.82, 2.24) is 14.8 Å². The molecule has 1 atom stereocenters. The smallest absolute Gasteiger partial charge is 0.355 e. The zero-order valence-corrected chi connectivity index (χ0v) is 25.2. The van der Waals surface area contributed by atoms with Gasteiger partial charge in [-0.2, -0.15) is 9.65 Å². The summed E-state index contributed by atoms with van der Waals surface area (Å²) in [6.07, 6.45) is 6.24. The first-order chi connectivity index (χ1) is 21.2. The summed E-state index contributed by atoms with van der Waals surface area (Å²) in [4.78, 5) is 16.0. The van der Waals surface area contributed by atoms with Gasteiger partial charge >= 0.3 is 5.97 Å². The predicted octanol–water partition coefficient (Wildman–Crippen LogP) is 7.00. The maximum atomic E-state index is 15.4. The minimum Gasteiger partial charge on any atom is -0.476 e. The second-order valence-corrected chi connectivity index (χ2v) is 13.3. The van der Waals surface area contributed by atoms with Gasteiger partial charge in [-0.1, -0.05) is 24.3 Å². The first kappa shape index (κ1) is 28.8. The molecule has 2 aliphatic rings. The number of carboxylic acid groups (broad SMARTS) is 1. The molecule has 1 unspecified atom stereocenters. The minimum absolute atomic E-state index is 0.0318. The van der Waals surface area contributed by atoms with Gasteiger partial charge in [-0.15, -0.1) is 16.5 Å². The minimum atomic E-state index is -1.71. The molecule has 1 fully saturated rings. The fourth-order valence-electron chi connectivity index (χ4n) is 5.99. The number of aromatic nitrogens is 3. The van der Waals surface area contributed by atoms with Crippen LogP contribution in [0.15, 0.2) is 64.9 Å². The number of fused-ring (bicyclic) bond motifs is 1. The third-order valence-electron chi connectivity index (χ3n) is 8.41. The van der Waals surface area contributed by atoms with Gasteiger partial charge in [0.15, 0.2) is 11.5 Å². The van der Waals surface area contributed by atoms with Crippen LogP contribution in [0.1, 0.15) is 57.7 Å². The van der Waals surface area contributed by atoms with E-state index < -0.39 is 23.1 Å². The molecule has 44 heavy (non-hydrogen) atoms. The first-order valence-electron chi connectivity index (χ1n) is 14.4. The Hall–Kier alpha value is -3.90. The number of aromatic carboxylic acids is 1. The van der Waals surface area contributed by atoms with Crippen molar-refractivity contribution < 1.29 is 23.2 Å². The standard InChI is InChI=1S/C33H28F2N4O3S2/c34-26-10-9-23(16-24(26)22-8-7-20-2-1-3-21(20)15-22)31-25(12-19-6-11-30(44(36)42)27(35)13-19)29(14-18-4-5-18)39(38-31)33-37-28(17-43-33)32(40)41/h6-11,13,15-18,42H,1-5,12,14,36H2/p+1. The van der Waals surface area contributed by atoms with Crippen molar-refractivity contribution in [1.29, 1.82) is 0 Å². The highest BCUT2D eigenvalue weighted by Gasteiger charge is 2.30. The highest BCUT2D eigenvalue weighted by atomic mass is 32.2. The average Bonchev–Trinajstić information content (AvgIpc) is 3.35. The molecule has 0 spiro atoms. The van der Waals surface area contributed by atoms with Crippen LogP contribution < -0.4 is 5.14 Å². The molecule has 1 saturated carbocycles. The quantitative estimate of drug-likeness (QED) is 0.151. The molecule has 0 aliphatic heterocycles. The number of carboxylic acids is 1. The van der Waals surface area contributed by atoms with Crippen molar-refractivity contribution in [3.63, 3.8) is 0 Å².